The van der Waals surface area contributed by atoms with Crippen LogP contribution in [0.25, 0.3) is 10.1 Å². The number of benzene rings is 1. The Morgan fingerprint density at radius 1 is 1.45 bits per heavy atom. The Bertz CT molecular complexity index is 685. The lowest BCUT2D eigenvalue weighted by atomic mass is 10.1. The molecule has 1 amide bonds. The number of hydrogen-bond donors (Lipinski definition) is 2. The predicted octanol–water partition coefficient (Wildman–Crippen LogP) is 2.70. The standard InChI is InChI=1S/C15H16ClNO4S/c1-21-5-4-12(15(19)20)17-14(18)6-9-8-22-13-3-2-10(16)7-11(9)13/h2-3,7-8,12H,4-6H2,1H3,(H,17,18)(H,19,20). The van der Waals surface area contributed by atoms with E-state index in [1.807, 2.05) is 17.5 Å². The highest BCUT2D eigenvalue weighted by Crippen LogP contribution is 2.28. The van der Waals surface area contributed by atoms with E-state index in [9.17, 15) is 9.59 Å². The van der Waals surface area contributed by atoms with Gasteiger partial charge in [-0.15, -0.1) is 11.3 Å². The van der Waals surface area contributed by atoms with Gasteiger partial charge in [0.2, 0.25) is 5.91 Å². The van der Waals surface area contributed by atoms with Crippen LogP contribution >= 0.6 is 22.9 Å². The number of rotatable bonds is 7. The van der Waals surface area contributed by atoms with Gasteiger partial charge in [0.1, 0.15) is 6.04 Å². The molecule has 0 saturated heterocycles. The Morgan fingerprint density at radius 3 is 2.91 bits per heavy atom. The van der Waals surface area contributed by atoms with Crippen molar-refractivity contribution in [2.24, 2.45) is 0 Å². The van der Waals surface area contributed by atoms with E-state index < -0.39 is 12.0 Å². The summed E-state index contributed by atoms with van der Waals surface area (Å²) in [5.41, 5.74) is 0.843. The van der Waals surface area contributed by atoms with Crippen LogP contribution in [0.1, 0.15) is 12.0 Å². The summed E-state index contributed by atoms with van der Waals surface area (Å²) in [5, 5.41) is 15.0. The Morgan fingerprint density at radius 2 is 2.23 bits per heavy atom. The Labute approximate surface area is 136 Å². The van der Waals surface area contributed by atoms with Crippen molar-refractivity contribution in [1.82, 2.24) is 5.32 Å². The highest BCUT2D eigenvalue weighted by atomic mass is 35.5. The van der Waals surface area contributed by atoms with Crippen molar-refractivity contribution in [3.63, 3.8) is 0 Å². The van der Waals surface area contributed by atoms with Crippen LogP contribution in [0.5, 0.6) is 0 Å². The lowest BCUT2D eigenvalue weighted by Crippen LogP contribution is -2.42. The van der Waals surface area contributed by atoms with Gasteiger partial charge in [-0.2, -0.15) is 0 Å². The number of halogens is 1. The molecule has 5 nitrogen and oxygen atoms in total. The molecular formula is C15H16ClNO4S. The minimum absolute atomic E-state index is 0.122. The quantitative estimate of drug-likeness (QED) is 0.812. The zero-order chi connectivity index (χ0) is 16.1. The summed E-state index contributed by atoms with van der Waals surface area (Å²) in [7, 11) is 1.49. The van der Waals surface area contributed by atoms with Gasteiger partial charge in [-0.05, 0) is 34.5 Å². The number of carboxylic acids is 1. The molecule has 1 atom stereocenters. The SMILES string of the molecule is COCCC(NC(=O)Cc1csc2ccc(Cl)cc12)C(=O)O. The highest BCUT2D eigenvalue weighted by molar-refractivity contribution is 7.17. The summed E-state index contributed by atoms with van der Waals surface area (Å²) < 4.78 is 5.90. The third kappa shape index (κ3) is 4.19. The maximum atomic E-state index is 12.1. The first kappa shape index (κ1) is 16.7. The molecule has 1 aromatic carbocycles. The van der Waals surface area contributed by atoms with Crippen molar-refractivity contribution in [2.75, 3.05) is 13.7 Å². The molecule has 2 N–H and O–H groups in total. The van der Waals surface area contributed by atoms with Gasteiger partial charge in [0.15, 0.2) is 0 Å². The molecule has 1 aromatic heterocycles. The predicted molar refractivity (Wildman–Crippen MR) is 86.6 cm³/mol. The van der Waals surface area contributed by atoms with E-state index in [0.717, 1.165) is 15.6 Å². The van der Waals surface area contributed by atoms with E-state index in [1.165, 1.54) is 18.4 Å². The van der Waals surface area contributed by atoms with Gasteiger partial charge in [-0.3, -0.25) is 4.79 Å². The van der Waals surface area contributed by atoms with Crippen molar-refractivity contribution in [3.8, 4) is 0 Å². The second-order valence-electron chi connectivity index (χ2n) is 4.82. The molecule has 0 aliphatic heterocycles. The van der Waals surface area contributed by atoms with Gasteiger partial charge in [-0.25, -0.2) is 4.79 Å². The molecule has 0 bridgehead atoms. The summed E-state index contributed by atoms with van der Waals surface area (Å²) in [6, 6.07) is 4.58. The van der Waals surface area contributed by atoms with Gasteiger partial charge >= 0.3 is 5.97 Å². The monoisotopic (exact) mass is 341 g/mol. The van der Waals surface area contributed by atoms with Crippen LogP contribution < -0.4 is 5.32 Å². The van der Waals surface area contributed by atoms with Crippen molar-refractivity contribution in [3.05, 3.63) is 34.2 Å². The molecule has 22 heavy (non-hydrogen) atoms. The average Bonchev–Trinajstić information content (AvgIpc) is 2.85. The molecule has 0 saturated carbocycles. The number of carboxylic acid groups (broad SMARTS) is 1. The van der Waals surface area contributed by atoms with Crippen LogP contribution in [-0.4, -0.2) is 36.7 Å². The molecule has 0 aliphatic carbocycles. The fourth-order valence-electron chi connectivity index (χ4n) is 2.10. The van der Waals surface area contributed by atoms with Crippen LogP contribution in [0.4, 0.5) is 0 Å². The van der Waals surface area contributed by atoms with Crippen molar-refractivity contribution < 1.29 is 19.4 Å². The van der Waals surface area contributed by atoms with E-state index >= 15 is 0 Å². The van der Waals surface area contributed by atoms with E-state index in [0.29, 0.717) is 5.02 Å². The molecular weight excluding hydrogens is 326 g/mol. The third-order valence-corrected chi connectivity index (χ3v) is 4.46. The Balaban J connectivity index is 2.06. The lowest BCUT2D eigenvalue weighted by molar-refractivity contribution is -0.142. The number of thiophene rings is 1. The van der Waals surface area contributed by atoms with Crippen LogP contribution in [0.2, 0.25) is 5.02 Å². The third-order valence-electron chi connectivity index (χ3n) is 3.21. The van der Waals surface area contributed by atoms with Crippen LogP contribution in [0.15, 0.2) is 23.6 Å². The number of aliphatic carboxylic acids is 1. The first-order valence-electron chi connectivity index (χ1n) is 6.68. The number of fused-ring (bicyclic) bond motifs is 1. The normalized spacial score (nSPS) is 12.3. The molecule has 2 aromatic rings. The van der Waals surface area contributed by atoms with Crippen molar-refractivity contribution in [2.45, 2.75) is 18.9 Å². The first-order valence-corrected chi connectivity index (χ1v) is 7.93. The van der Waals surface area contributed by atoms with Gasteiger partial charge in [-0.1, -0.05) is 11.6 Å². The minimum atomic E-state index is -1.07. The first-order chi connectivity index (χ1) is 10.5. The van der Waals surface area contributed by atoms with Crippen molar-refractivity contribution >= 4 is 44.9 Å². The van der Waals surface area contributed by atoms with E-state index in [2.05, 4.69) is 5.32 Å². The second kappa shape index (κ2) is 7.58. The van der Waals surface area contributed by atoms with E-state index in [4.69, 9.17) is 21.4 Å². The zero-order valence-electron chi connectivity index (χ0n) is 12.0. The summed E-state index contributed by atoms with van der Waals surface area (Å²) in [5.74, 6) is -1.40. The Kier molecular flexibility index (Phi) is 5.76. The maximum Gasteiger partial charge on any atom is 0.326 e. The number of carbonyl (C=O) groups excluding carboxylic acids is 1. The van der Waals surface area contributed by atoms with Crippen LogP contribution in [-0.2, 0) is 20.7 Å². The lowest BCUT2D eigenvalue weighted by Gasteiger charge is -2.13. The summed E-state index contributed by atoms with van der Waals surface area (Å²) in [4.78, 5) is 23.2. The van der Waals surface area contributed by atoms with Crippen molar-refractivity contribution in [1.29, 1.82) is 0 Å². The molecule has 0 fully saturated rings. The van der Waals surface area contributed by atoms with Gasteiger partial charge in [0, 0.05) is 29.9 Å². The average molecular weight is 342 g/mol. The molecule has 0 aliphatic rings. The van der Waals surface area contributed by atoms with E-state index in [1.54, 1.807) is 6.07 Å². The summed E-state index contributed by atoms with van der Waals surface area (Å²) in [6.07, 6.45) is 0.352. The topological polar surface area (TPSA) is 75.6 Å². The fourth-order valence-corrected chi connectivity index (χ4v) is 3.22. The summed E-state index contributed by atoms with van der Waals surface area (Å²) in [6.45, 7) is 0.272. The molecule has 0 radical (unpaired) electrons. The number of amides is 1. The van der Waals surface area contributed by atoms with E-state index in [-0.39, 0.29) is 25.4 Å². The zero-order valence-corrected chi connectivity index (χ0v) is 13.5. The molecule has 118 valence electrons. The number of hydrogen-bond acceptors (Lipinski definition) is 4. The second-order valence-corrected chi connectivity index (χ2v) is 6.17. The number of nitrogens with one attached hydrogen (secondary N) is 1. The number of carbonyl (C=O) groups is 2. The Hall–Kier alpha value is -1.63. The number of methoxy groups -OCH3 is 1. The smallest absolute Gasteiger partial charge is 0.326 e. The minimum Gasteiger partial charge on any atom is -0.480 e. The summed E-state index contributed by atoms with van der Waals surface area (Å²) >= 11 is 7.51. The molecule has 2 rings (SSSR count). The van der Waals surface area contributed by atoms with Crippen LogP contribution in [0.3, 0.4) is 0 Å². The fraction of sp³-hybridized carbons (Fsp3) is 0.333. The largest absolute Gasteiger partial charge is 0.480 e. The van der Waals surface area contributed by atoms with Crippen LogP contribution in [0, 0.1) is 0 Å². The maximum absolute atomic E-state index is 12.1. The van der Waals surface area contributed by atoms with Gasteiger partial charge in [0.25, 0.3) is 0 Å². The highest BCUT2D eigenvalue weighted by Gasteiger charge is 2.20. The number of ether oxygens (including phenoxy) is 1. The van der Waals surface area contributed by atoms with Gasteiger partial charge in [0.05, 0.1) is 6.42 Å². The molecule has 0 spiro atoms. The molecule has 1 unspecified atom stereocenters. The molecule has 1 heterocycles. The molecule has 7 heteroatoms. The van der Waals surface area contributed by atoms with Gasteiger partial charge < -0.3 is 15.2 Å².